The Kier molecular flexibility index (Phi) is 3.37. The van der Waals surface area contributed by atoms with E-state index < -0.39 is 0 Å². The van der Waals surface area contributed by atoms with E-state index in [4.69, 9.17) is 16.3 Å². The molecular formula is C14H19ClO2. The number of aliphatic hydroxyl groups is 1. The minimum Gasteiger partial charge on any atom is -0.488 e. The molecule has 17 heavy (non-hydrogen) atoms. The zero-order valence-corrected chi connectivity index (χ0v) is 11.3. The summed E-state index contributed by atoms with van der Waals surface area (Å²) < 4.78 is 5.92. The standard InChI is InChI=1S/C14H19ClO2/c1-4-14(3)12(16)8-13(14)17-11-6-5-9(2)7-10(11)15/h5-7,12-13,16H,4,8H2,1-3H3. The summed E-state index contributed by atoms with van der Waals surface area (Å²) in [5.41, 5.74) is 0.975. The predicted molar refractivity (Wildman–Crippen MR) is 69.6 cm³/mol. The molecule has 0 aromatic heterocycles. The third-order valence-corrected chi connectivity index (χ3v) is 4.35. The molecule has 1 saturated carbocycles. The van der Waals surface area contributed by atoms with Crippen LogP contribution in [0.2, 0.25) is 5.02 Å². The highest BCUT2D eigenvalue weighted by Gasteiger charge is 2.51. The van der Waals surface area contributed by atoms with Crippen molar-refractivity contribution in [2.75, 3.05) is 0 Å². The Balaban J connectivity index is 2.12. The summed E-state index contributed by atoms with van der Waals surface area (Å²) in [6, 6.07) is 5.79. The van der Waals surface area contributed by atoms with Crippen molar-refractivity contribution in [3.05, 3.63) is 28.8 Å². The maximum Gasteiger partial charge on any atom is 0.138 e. The van der Waals surface area contributed by atoms with Crippen LogP contribution in [-0.2, 0) is 0 Å². The molecule has 2 nitrogen and oxygen atoms in total. The second-order valence-corrected chi connectivity index (χ2v) is 5.56. The molecule has 3 unspecified atom stereocenters. The molecule has 0 radical (unpaired) electrons. The van der Waals surface area contributed by atoms with Gasteiger partial charge in [0.25, 0.3) is 0 Å². The van der Waals surface area contributed by atoms with Crippen molar-refractivity contribution in [1.29, 1.82) is 0 Å². The van der Waals surface area contributed by atoms with Crippen LogP contribution >= 0.6 is 11.6 Å². The van der Waals surface area contributed by atoms with E-state index in [9.17, 15) is 5.11 Å². The summed E-state index contributed by atoms with van der Waals surface area (Å²) in [5, 5.41) is 10.5. The number of aliphatic hydroxyl groups excluding tert-OH is 1. The fourth-order valence-electron chi connectivity index (χ4n) is 2.30. The number of rotatable bonds is 3. The number of hydrogen-bond acceptors (Lipinski definition) is 2. The van der Waals surface area contributed by atoms with E-state index in [1.54, 1.807) is 0 Å². The van der Waals surface area contributed by atoms with Crippen molar-refractivity contribution in [1.82, 2.24) is 0 Å². The Morgan fingerprint density at radius 1 is 1.53 bits per heavy atom. The van der Waals surface area contributed by atoms with Crippen LogP contribution in [0, 0.1) is 12.3 Å². The van der Waals surface area contributed by atoms with Gasteiger partial charge in [-0.3, -0.25) is 0 Å². The molecule has 2 rings (SSSR count). The SMILES string of the molecule is CCC1(C)C(O)CC1Oc1ccc(C)cc1Cl. The maximum absolute atomic E-state index is 9.82. The number of benzene rings is 1. The number of aryl methyl sites for hydroxylation is 1. The first kappa shape index (κ1) is 12.7. The second kappa shape index (κ2) is 4.51. The molecule has 0 spiro atoms. The minimum atomic E-state index is -0.262. The van der Waals surface area contributed by atoms with Crippen molar-refractivity contribution in [2.45, 2.75) is 45.8 Å². The summed E-state index contributed by atoms with van der Waals surface area (Å²) in [7, 11) is 0. The molecule has 0 amide bonds. The quantitative estimate of drug-likeness (QED) is 0.894. The third-order valence-electron chi connectivity index (χ3n) is 4.05. The molecule has 94 valence electrons. The van der Waals surface area contributed by atoms with Crippen molar-refractivity contribution in [3.63, 3.8) is 0 Å². The summed E-state index contributed by atoms with van der Waals surface area (Å²) >= 11 is 6.14. The number of ether oxygens (including phenoxy) is 1. The van der Waals surface area contributed by atoms with E-state index in [1.165, 1.54) is 0 Å². The van der Waals surface area contributed by atoms with Gasteiger partial charge in [0.1, 0.15) is 11.9 Å². The van der Waals surface area contributed by atoms with E-state index in [0.717, 1.165) is 12.0 Å². The van der Waals surface area contributed by atoms with Crippen LogP contribution in [0.1, 0.15) is 32.3 Å². The lowest BCUT2D eigenvalue weighted by Gasteiger charge is -2.50. The topological polar surface area (TPSA) is 29.5 Å². The summed E-state index contributed by atoms with van der Waals surface area (Å²) in [6.45, 7) is 6.14. The molecule has 1 aromatic carbocycles. The second-order valence-electron chi connectivity index (χ2n) is 5.15. The first-order valence-electron chi connectivity index (χ1n) is 6.08. The molecule has 1 aliphatic rings. The zero-order valence-electron chi connectivity index (χ0n) is 10.5. The first-order chi connectivity index (χ1) is 7.97. The molecule has 3 atom stereocenters. The van der Waals surface area contributed by atoms with Gasteiger partial charge < -0.3 is 9.84 Å². The molecule has 1 aliphatic carbocycles. The average molecular weight is 255 g/mol. The van der Waals surface area contributed by atoms with E-state index in [2.05, 4.69) is 13.8 Å². The van der Waals surface area contributed by atoms with Crippen LogP contribution in [-0.4, -0.2) is 17.3 Å². The van der Waals surface area contributed by atoms with Gasteiger partial charge in [-0.1, -0.05) is 31.5 Å². The van der Waals surface area contributed by atoms with Gasteiger partial charge in [-0.25, -0.2) is 0 Å². The number of hydrogen-bond donors (Lipinski definition) is 1. The van der Waals surface area contributed by atoms with E-state index in [-0.39, 0.29) is 17.6 Å². The molecule has 0 heterocycles. The Bertz CT molecular complexity index is 419. The third kappa shape index (κ3) is 2.16. The lowest BCUT2D eigenvalue weighted by atomic mass is 9.63. The molecule has 0 bridgehead atoms. The van der Waals surface area contributed by atoms with Gasteiger partial charge >= 0.3 is 0 Å². The van der Waals surface area contributed by atoms with Crippen molar-refractivity contribution < 1.29 is 9.84 Å². The molecule has 1 N–H and O–H groups in total. The van der Waals surface area contributed by atoms with E-state index >= 15 is 0 Å². The smallest absolute Gasteiger partial charge is 0.138 e. The number of halogens is 1. The summed E-state index contributed by atoms with van der Waals surface area (Å²) in [4.78, 5) is 0. The Hall–Kier alpha value is -0.730. The van der Waals surface area contributed by atoms with Crippen LogP contribution in [0.15, 0.2) is 18.2 Å². The fourth-order valence-corrected chi connectivity index (χ4v) is 2.58. The highest BCUT2D eigenvalue weighted by molar-refractivity contribution is 6.32. The lowest BCUT2D eigenvalue weighted by molar-refractivity contribution is -0.147. The summed E-state index contributed by atoms with van der Waals surface area (Å²) in [5.74, 6) is 0.717. The van der Waals surface area contributed by atoms with Gasteiger partial charge in [-0.15, -0.1) is 0 Å². The Labute approximate surface area is 108 Å². The van der Waals surface area contributed by atoms with E-state index in [0.29, 0.717) is 17.2 Å². The van der Waals surface area contributed by atoms with Crippen LogP contribution in [0.25, 0.3) is 0 Å². The monoisotopic (exact) mass is 254 g/mol. The van der Waals surface area contributed by atoms with Gasteiger partial charge in [0.2, 0.25) is 0 Å². The predicted octanol–water partition coefficient (Wildman–Crippen LogP) is 3.58. The highest BCUT2D eigenvalue weighted by atomic mass is 35.5. The van der Waals surface area contributed by atoms with Crippen LogP contribution < -0.4 is 4.74 Å². The minimum absolute atomic E-state index is 0.0581. The van der Waals surface area contributed by atoms with Gasteiger partial charge in [-0.2, -0.15) is 0 Å². The van der Waals surface area contributed by atoms with Gasteiger partial charge in [0.05, 0.1) is 11.1 Å². The maximum atomic E-state index is 9.82. The Morgan fingerprint density at radius 2 is 2.24 bits per heavy atom. The normalized spacial score (nSPS) is 32.1. The van der Waals surface area contributed by atoms with Crippen molar-refractivity contribution in [2.24, 2.45) is 5.41 Å². The fraction of sp³-hybridized carbons (Fsp3) is 0.571. The largest absolute Gasteiger partial charge is 0.488 e. The van der Waals surface area contributed by atoms with Gasteiger partial charge in [0.15, 0.2) is 0 Å². The zero-order chi connectivity index (χ0) is 12.6. The lowest BCUT2D eigenvalue weighted by Crippen LogP contribution is -2.57. The van der Waals surface area contributed by atoms with E-state index in [1.807, 2.05) is 25.1 Å². The average Bonchev–Trinajstić information content (AvgIpc) is 2.30. The van der Waals surface area contributed by atoms with Gasteiger partial charge in [-0.05, 0) is 31.0 Å². The molecule has 0 aliphatic heterocycles. The molecule has 0 saturated heterocycles. The van der Waals surface area contributed by atoms with Crippen molar-refractivity contribution in [3.8, 4) is 5.75 Å². The molecule has 1 aromatic rings. The summed E-state index contributed by atoms with van der Waals surface area (Å²) in [6.07, 6.45) is 1.39. The van der Waals surface area contributed by atoms with Crippen LogP contribution in [0.4, 0.5) is 0 Å². The Morgan fingerprint density at radius 3 is 2.76 bits per heavy atom. The molecular weight excluding hydrogens is 236 g/mol. The van der Waals surface area contributed by atoms with Crippen LogP contribution in [0.3, 0.4) is 0 Å². The van der Waals surface area contributed by atoms with Crippen molar-refractivity contribution >= 4 is 11.6 Å². The van der Waals surface area contributed by atoms with Gasteiger partial charge in [0, 0.05) is 11.8 Å². The first-order valence-corrected chi connectivity index (χ1v) is 6.46. The highest BCUT2D eigenvalue weighted by Crippen LogP contribution is 2.46. The molecule has 3 heteroatoms. The van der Waals surface area contributed by atoms with Crippen LogP contribution in [0.5, 0.6) is 5.75 Å². The molecule has 1 fully saturated rings.